The molecular formula is C48H31NOS. The molecule has 2 heterocycles. The molecule has 0 bridgehead atoms. The molecule has 8 aromatic carbocycles. The predicted molar refractivity (Wildman–Crippen MR) is 218 cm³/mol. The lowest BCUT2D eigenvalue weighted by molar-refractivity contribution is 0.670. The lowest BCUT2D eigenvalue weighted by Gasteiger charge is -2.27. The Hall–Kier alpha value is -6.42. The summed E-state index contributed by atoms with van der Waals surface area (Å²) >= 11 is 1.87. The van der Waals surface area contributed by atoms with E-state index in [0.717, 1.165) is 50.1 Å². The first-order chi connectivity index (χ1) is 25.3. The lowest BCUT2D eigenvalue weighted by atomic mass is 9.99. The molecule has 51 heavy (non-hydrogen) atoms. The minimum atomic E-state index is 0.889. The van der Waals surface area contributed by atoms with E-state index in [4.69, 9.17) is 4.42 Å². The monoisotopic (exact) mass is 669 g/mol. The number of thiophene rings is 1. The van der Waals surface area contributed by atoms with Crippen molar-refractivity contribution in [3.05, 3.63) is 188 Å². The van der Waals surface area contributed by atoms with Crippen LogP contribution in [0.2, 0.25) is 0 Å². The number of para-hydroxylation sites is 1. The Morgan fingerprint density at radius 3 is 1.69 bits per heavy atom. The maximum atomic E-state index is 6.55. The molecule has 3 heteroatoms. The second-order valence-electron chi connectivity index (χ2n) is 12.9. The average molecular weight is 670 g/mol. The highest BCUT2D eigenvalue weighted by Crippen LogP contribution is 2.45. The van der Waals surface area contributed by atoms with E-state index in [1.807, 2.05) is 17.4 Å². The largest absolute Gasteiger partial charge is 0.455 e. The maximum Gasteiger partial charge on any atom is 0.143 e. The Morgan fingerprint density at radius 1 is 0.373 bits per heavy atom. The Kier molecular flexibility index (Phi) is 7.04. The number of furan rings is 1. The summed E-state index contributed by atoms with van der Waals surface area (Å²) in [5.74, 6) is 0. The van der Waals surface area contributed by atoms with Gasteiger partial charge in [0.05, 0.1) is 0 Å². The summed E-state index contributed by atoms with van der Waals surface area (Å²) in [5, 5.41) is 4.84. The molecule has 2 nitrogen and oxygen atoms in total. The fourth-order valence-corrected chi connectivity index (χ4v) is 8.66. The minimum absolute atomic E-state index is 0.889. The van der Waals surface area contributed by atoms with Gasteiger partial charge in [0.1, 0.15) is 11.2 Å². The Balaban J connectivity index is 1.16. The van der Waals surface area contributed by atoms with E-state index in [2.05, 4.69) is 187 Å². The molecule has 0 unspecified atom stereocenters. The lowest BCUT2D eigenvalue weighted by Crippen LogP contribution is -2.10. The Bertz CT molecular complexity index is 2830. The molecule has 240 valence electrons. The molecule has 0 N–H and O–H groups in total. The second-order valence-corrected chi connectivity index (χ2v) is 14.0. The van der Waals surface area contributed by atoms with Gasteiger partial charge in [-0.15, -0.1) is 11.3 Å². The smallest absolute Gasteiger partial charge is 0.143 e. The van der Waals surface area contributed by atoms with Gasteiger partial charge < -0.3 is 9.32 Å². The van der Waals surface area contributed by atoms with Crippen LogP contribution in [0.5, 0.6) is 0 Å². The van der Waals surface area contributed by atoms with Crippen molar-refractivity contribution < 1.29 is 4.42 Å². The highest BCUT2D eigenvalue weighted by Gasteiger charge is 2.20. The second kappa shape index (κ2) is 12.2. The molecule has 0 aliphatic heterocycles. The van der Waals surface area contributed by atoms with Crippen LogP contribution in [-0.2, 0) is 0 Å². The van der Waals surface area contributed by atoms with E-state index in [9.17, 15) is 0 Å². The SMILES string of the molecule is c1ccc(-c2ccc(N(c3ccc(-c4cccc5c4sc4ccccc45)cc3)c3cc(-c4ccccc4)c4oc5ccccc5c4c3)cc2)cc1. The van der Waals surface area contributed by atoms with Crippen molar-refractivity contribution in [3.63, 3.8) is 0 Å². The molecule has 0 radical (unpaired) electrons. The van der Waals surface area contributed by atoms with E-state index in [1.54, 1.807) is 0 Å². The number of nitrogens with zero attached hydrogens (tertiary/aromatic N) is 1. The summed E-state index contributed by atoms with van der Waals surface area (Å²) in [5.41, 5.74) is 12.1. The van der Waals surface area contributed by atoms with E-state index in [1.165, 1.54) is 42.4 Å². The topological polar surface area (TPSA) is 16.4 Å². The fraction of sp³-hybridized carbons (Fsp3) is 0. The zero-order valence-electron chi connectivity index (χ0n) is 27.7. The van der Waals surface area contributed by atoms with Gasteiger partial charge >= 0.3 is 0 Å². The van der Waals surface area contributed by atoms with Gasteiger partial charge in [-0.25, -0.2) is 0 Å². The standard InChI is InChI=1S/C48H31NOS/c1-3-12-32(13-4-1)33-22-26-36(27-23-33)49(37-28-24-35(25-29-37)39-18-11-19-42-41-17-8-10-21-46(41)51-48(39)42)38-30-43(34-14-5-2-6-15-34)47-44(31-38)40-16-7-9-20-45(40)50-47/h1-31H. The first kappa shape index (κ1) is 29.5. The van der Waals surface area contributed by atoms with Crippen LogP contribution in [0.1, 0.15) is 0 Å². The number of anilines is 3. The number of hydrogen-bond donors (Lipinski definition) is 0. The summed E-state index contributed by atoms with van der Waals surface area (Å²) < 4.78 is 9.19. The van der Waals surface area contributed by atoms with Crippen molar-refractivity contribution in [3.8, 4) is 33.4 Å². The van der Waals surface area contributed by atoms with Gasteiger partial charge in [0.2, 0.25) is 0 Å². The molecule has 0 spiro atoms. The number of fused-ring (bicyclic) bond motifs is 6. The fourth-order valence-electron chi connectivity index (χ4n) is 7.42. The number of benzene rings is 8. The number of hydrogen-bond acceptors (Lipinski definition) is 3. The van der Waals surface area contributed by atoms with Crippen LogP contribution in [0.15, 0.2) is 192 Å². The third-order valence-electron chi connectivity index (χ3n) is 9.88. The molecule has 0 aliphatic carbocycles. The van der Waals surface area contributed by atoms with Gasteiger partial charge in [-0.1, -0.05) is 140 Å². The summed E-state index contributed by atoms with van der Waals surface area (Å²) in [4.78, 5) is 2.37. The average Bonchev–Trinajstić information content (AvgIpc) is 3.78. The highest BCUT2D eigenvalue weighted by atomic mass is 32.1. The first-order valence-corrected chi connectivity index (χ1v) is 18.1. The molecule has 0 saturated carbocycles. The molecule has 10 rings (SSSR count). The molecular weight excluding hydrogens is 639 g/mol. The van der Waals surface area contributed by atoms with Gasteiger partial charge in [-0.3, -0.25) is 0 Å². The van der Waals surface area contributed by atoms with Gasteiger partial charge in [0.15, 0.2) is 0 Å². The first-order valence-electron chi connectivity index (χ1n) is 17.3. The predicted octanol–water partition coefficient (Wildman–Crippen LogP) is 14.4. The zero-order valence-corrected chi connectivity index (χ0v) is 28.5. The van der Waals surface area contributed by atoms with E-state index in [0.29, 0.717) is 0 Å². The van der Waals surface area contributed by atoms with Crippen LogP contribution in [-0.4, -0.2) is 0 Å². The Morgan fingerprint density at radius 2 is 0.941 bits per heavy atom. The van der Waals surface area contributed by atoms with Crippen LogP contribution in [0.3, 0.4) is 0 Å². The van der Waals surface area contributed by atoms with Crippen molar-refractivity contribution in [1.29, 1.82) is 0 Å². The van der Waals surface area contributed by atoms with Crippen LogP contribution in [0.25, 0.3) is 75.5 Å². The quantitative estimate of drug-likeness (QED) is 0.175. The van der Waals surface area contributed by atoms with Crippen molar-refractivity contribution in [1.82, 2.24) is 0 Å². The van der Waals surface area contributed by atoms with E-state index in [-0.39, 0.29) is 0 Å². The van der Waals surface area contributed by atoms with Crippen molar-refractivity contribution in [2.75, 3.05) is 4.90 Å². The van der Waals surface area contributed by atoms with Crippen LogP contribution >= 0.6 is 11.3 Å². The maximum absolute atomic E-state index is 6.55. The minimum Gasteiger partial charge on any atom is -0.455 e. The van der Waals surface area contributed by atoms with Gasteiger partial charge in [-0.05, 0) is 76.3 Å². The van der Waals surface area contributed by atoms with Gasteiger partial charge in [0, 0.05) is 53.6 Å². The Labute approximate surface area is 300 Å². The third-order valence-corrected chi connectivity index (χ3v) is 11.1. The summed E-state index contributed by atoms with van der Waals surface area (Å²) in [6.07, 6.45) is 0. The zero-order chi connectivity index (χ0) is 33.7. The van der Waals surface area contributed by atoms with Crippen molar-refractivity contribution >= 4 is 70.5 Å². The molecule has 0 saturated heterocycles. The summed E-state index contributed by atoms with van der Waals surface area (Å²) in [7, 11) is 0. The third kappa shape index (κ3) is 5.10. The molecule has 0 amide bonds. The van der Waals surface area contributed by atoms with Crippen LogP contribution < -0.4 is 4.90 Å². The van der Waals surface area contributed by atoms with Gasteiger partial charge in [-0.2, -0.15) is 0 Å². The van der Waals surface area contributed by atoms with E-state index < -0.39 is 0 Å². The highest BCUT2D eigenvalue weighted by molar-refractivity contribution is 7.26. The normalized spacial score (nSPS) is 11.5. The van der Waals surface area contributed by atoms with E-state index >= 15 is 0 Å². The van der Waals surface area contributed by atoms with Crippen LogP contribution in [0, 0.1) is 0 Å². The van der Waals surface area contributed by atoms with Gasteiger partial charge in [0.25, 0.3) is 0 Å². The molecule has 2 aromatic heterocycles. The molecule has 0 aliphatic rings. The molecule has 0 atom stereocenters. The van der Waals surface area contributed by atoms with Crippen LogP contribution in [0.4, 0.5) is 17.1 Å². The molecule has 0 fully saturated rings. The summed E-state index contributed by atoms with van der Waals surface area (Å²) in [6.45, 7) is 0. The molecule has 10 aromatic rings. The van der Waals surface area contributed by atoms with Crippen molar-refractivity contribution in [2.24, 2.45) is 0 Å². The number of rotatable bonds is 6. The van der Waals surface area contributed by atoms with Crippen molar-refractivity contribution in [2.45, 2.75) is 0 Å². The summed E-state index contributed by atoms with van der Waals surface area (Å²) in [6, 6.07) is 67.3.